The van der Waals surface area contributed by atoms with Gasteiger partial charge in [0.15, 0.2) is 0 Å². The van der Waals surface area contributed by atoms with Crippen molar-refractivity contribution in [2.75, 3.05) is 11.6 Å². The lowest BCUT2D eigenvalue weighted by atomic mass is 10.2. The zero-order chi connectivity index (χ0) is 16.2. The quantitative estimate of drug-likeness (QED) is 0.891. The van der Waals surface area contributed by atoms with E-state index >= 15 is 0 Å². The summed E-state index contributed by atoms with van der Waals surface area (Å²) in [5, 5.41) is 4.44. The molecule has 0 saturated carbocycles. The van der Waals surface area contributed by atoms with E-state index in [2.05, 4.69) is 5.32 Å². The first kappa shape index (κ1) is 17.0. The van der Waals surface area contributed by atoms with Gasteiger partial charge in [0, 0.05) is 11.7 Å². The summed E-state index contributed by atoms with van der Waals surface area (Å²) in [4.78, 5) is 23.6. The van der Waals surface area contributed by atoms with Gasteiger partial charge in [-0.15, -0.1) is 0 Å². The highest BCUT2D eigenvalue weighted by molar-refractivity contribution is 7.88. The minimum absolute atomic E-state index is 0.501. The number of nitrogens with zero attached hydrogens (tertiary/aromatic N) is 1. The number of hydrogen-bond acceptors (Lipinski definition) is 4. The second-order valence-electron chi connectivity index (χ2n) is 4.90. The summed E-state index contributed by atoms with van der Waals surface area (Å²) < 4.78 is 23.7. The van der Waals surface area contributed by atoms with Crippen molar-refractivity contribution in [2.45, 2.75) is 26.8 Å². The first-order valence-electron chi connectivity index (χ1n) is 6.29. The van der Waals surface area contributed by atoms with Crippen LogP contribution in [0.1, 0.15) is 19.4 Å². The molecule has 116 valence electrons. The first-order chi connectivity index (χ1) is 9.61. The maximum atomic E-state index is 11.9. The van der Waals surface area contributed by atoms with Crippen molar-refractivity contribution in [1.29, 1.82) is 0 Å². The third kappa shape index (κ3) is 5.07. The Morgan fingerprint density at radius 3 is 2.10 bits per heavy atom. The fraction of sp³-hybridized carbons (Fsp3) is 0.385. The van der Waals surface area contributed by atoms with Gasteiger partial charge in [0.2, 0.25) is 10.0 Å². The molecule has 0 spiro atoms. The van der Waals surface area contributed by atoms with Gasteiger partial charge in [-0.25, -0.2) is 22.3 Å². The molecule has 1 aromatic rings. The number of sulfonamides is 1. The van der Waals surface area contributed by atoms with E-state index < -0.39 is 28.1 Å². The molecule has 0 unspecified atom stereocenters. The van der Waals surface area contributed by atoms with Gasteiger partial charge in [-0.05, 0) is 32.9 Å². The van der Waals surface area contributed by atoms with Gasteiger partial charge in [-0.3, -0.25) is 5.32 Å². The fourth-order valence-electron chi connectivity index (χ4n) is 1.72. The molecule has 0 fully saturated rings. The Balaban J connectivity index is 2.73. The van der Waals surface area contributed by atoms with Crippen molar-refractivity contribution in [3.05, 3.63) is 29.8 Å². The molecule has 0 radical (unpaired) electrons. The van der Waals surface area contributed by atoms with Crippen LogP contribution in [-0.4, -0.2) is 37.1 Å². The Kier molecular flexibility index (Phi) is 5.31. The van der Waals surface area contributed by atoms with Gasteiger partial charge in [0.1, 0.15) is 0 Å². The number of nitrogens with one attached hydrogen (secondary N) is 2. The van der Waals surface area contributed by atoms with Crippen molar-refractivity contribution in [3.8, 4) is 0 Å². The zero-order valence-corrected chi connectivity index (χ0v) is 13.2. The number of urea groups is 2. The maximum Gasteiger partial charge on any atom is 0.339 e. The minimum Gasteiger partial charge on any atom is -0.308 e. The molecule has 8 heteroatoms. The molecule has 7 nitrogen and oxygen atoms in total. The van der Waals surface area contributed by atoms with E-state index in [4.69, 9.17) is 0 Å². The second kappa shape index (κ2) is 6.57. The molecule has 0 bridgehead atoms. The molecule has 0 aliphatic rings. The van der Waals surface area contributed by atoms with Crippen molar-refractivity contribution in [3.63, 3.8) is 0 Å². The number of aryl methyl sites for hydroxylation is 1. The molecule has 0 heterocycles. The summed E-state index contributed by atoms with van der Waals surface area (Å²) in [6, 6.07) is 4.58. The summed E-state index contributed by atoms with van der Waals surface area (Å²) in [5.41, 5.74) is 1.53. The van der Waals surface area contributed by atoms with Crippen LogP contribution < -0.4 is 10.6 Å². The molecular formula is C13H19N3O4S. The fourth-order valence-corrected chi connectivity index (χ4v) is 2.83. The minimum atomic E-state index is -3.75. The number of hydrogen-bond donors (Lipinski definition) is 2. The van der Waals surface area contributed by atoms with Gasteiger partial charge < -0.3 is 5.32 Å². The molecular weight excluding hydrogens is 294 g/mol. The van der Waals surface area contributed by atoms with E-state index in [1.807, 2.05) is 12.2 Å². The van der Waals surface area contributed by atoms with Crippen LogP contribution in [0, 0.1) is 6.92 Å². The molecule has 0 saturated heterocycles. The van der Waals surface area contributed by atoms with Crippen LogP contribution in [0.3, 0.4) is 0 Å². The maximum absolute atomic E-state index is 11.9. The van der Waals surface area contributed by atoms with E-state index in [-0.39, 0.29) is 0 Å². The normalized spacial score (nSPS) is 11.1. The lowest BCUT2D eigenvalue weighted by Crippen LogP contribution is -2.49. The highest BCUT2D eigenvalue weighted by Gasteiger charge is 2.27. The second-order valence-corrected chi connectivity index (χ2v) is 6.76. The summed E-state index contributed by atoms with van der Waals surface area (Å²) in [7, 11) is -3.75. The highest BCUT2D eigenvalue weighted by Crippen LogP contribution is 2.09. The molecule has 0 aliphatic heterocycles. The average molecular weight is 313 g/mol. The zero-order valence-electron chi connectivity index (χ0n) is 12.4. The number of benzene rings is 1. The Morgan fingerprint density at radius 2 is 1.67 bits per heavy atom. The molecule has 4 amide bonds. The van der Waals surface area contributed by atoms with Crippen LogP contribution in [-0.2, 0) is 10.0 Å². The number of carbonyl (C=O) groups is 2. The number of rotatable bonds is 3. The van der Waals surface area contributed by atoms with Crippen molar-refractivity contribution in [1.82, 2.24) is 9.62 Å². The van der Waals surface area contributed by atoms with Gasteiger partial charge in [0.05, 0.1) is 6.26 Å². The number of anilines is 1. The Hall–Kier alpha value is -2.09. The predicted molar refractivity (Wildman–Crippen MR) is 80.5 cm³/mol. The van der Waals surface area contributed by atoms with Crippen molar-refractivity contribution >= 4 is 27.8 Å². The Labute approximate surface area is 124 Å². The van der Waals surface area contributed by atoms with Crippen LogP contribution in [0.4, 0.5) is 15.3 Å². The topological polar surface area (TPSA) is 95.6 Å². The van der Waals surface area contributed by atoms with Crippen molar-refractivity contribution in [2.24, 2.45) is 0 Å². The van der Waals surface area contributed by atoms with Crippen LogP contribution in [0.25, 0.3) is 0 Å². The molecule has 0 atom stereocenters. The van der Waals surface area contributed by atoms with Gasteiger partial charge in [-0.2, -0.15) is 0 Å². The molecule has 1 rings (SSSR count). The smallest absolute Gasteiger partial charge is 0.308 e. The highest BCUT2D eigenvalue weighted by atomic mass is 32.2. The van der Waals surface area contributed by atoms with E-state index in [1.165, 1.54) is 0 Å². The molecule has 0 aromatic heterocycles. The van der Waals surface area contributed by atoms with Gasteiger partial charge in [0.25, 0.3) is 0 Å². The molecule has 21 heavy (non-hydrogen) atoms. The van der Waals surface area contributed by atoms with Crippen LogP contribution >= 0.6 is 0 Å². The van der Waals surface area contributed by atoms with Crippen molar-refractivity contribution < 1.29 is 18.0 Å². The summed E-state index contributed by atoms with van der Waals surface area (Å²) in [6.07, 6.45) is 0.907. The van der Waals surface area contributed by atoms with E-state index in [9.17, 15) is 18.0 Å². The number of amides is 4. The standard InChI is InChI=1S/C13H19N3O4S/c1-9(2)16(21(4,19)20)13(18)15-12(17)14-11-7-5-10(3)6-8-11/h5-9H,1-4H3,(H2,14,15,17,18). The van der Waals surface area contributed by atoms with Gasteiger partial charge >= 0.3 is 12.1 Å². The lowest BCUT2D eigenvalue weighted by molar-refractivity contribution is 0.213. The van der Waals surface area contributed by atoms with E-state index in [0.29, 0.717) is 9.99 Å². The van der Waals surface area contributed by atoms with Gasteiger partial charge in [-0.1, -0.05) is 17.7 Å². The monoisotopic (exact) mass is 313 g/mol. The third-order valence-electron chi connectivity index (χ3n) is 2.56. The summed E-state index contributed by atoms with van der Waals surface area (Å²) >= 11 is 0. The number of imide groups is 1. The number of carbonyl (C=O) groups excluding carboxylic acids is 2. The SMILES string of the molecule is Cc1ccc(NC(=O)NC(=O)N(C(C)C)S(C)(=O)=O)cc1. The Morgan fingerprint density at radius 1 is 1.14 bits per heavy atom. The van der Waals surface area contributed by atoms with E-state index in [0.717, 1.165) is 11.8 Å². The first-order valence-corrected chi connectivity index (χ1v) is 8.14. The summed E-state index contributed by atoms with van der Waals surface area (Å²) in [5.74, 6) is 0. The van der Waals surface area contributed by atoms with E-state index in [1.54, 1.807) is 38.1 Å². The third-order valence-corrected chi connectivity index (χ3v) is 3.86. The molecule has 1 aromatic carbocycles. The molecule has 0 aliphatic carbocycles. The average Bonchev–Trinajstić information content (AvgIpc) is 2.29. The lowest BCUT2D eigenvalue weighted by Gasteiger charge is -2.23. The molecule has 2 N–H and O–H groups in total. The van der Waals surface area contributed by atoms with Crippen LogP contribution in [0.15, 0.2) is 24.3 Å². The Bertz CT molecular complexity index is 623. The van der Waals surface area contributed by atoms with Crippen LogP contribution in [0.2, 0.25) is 0 Å². The largest absolute Gasteiger partial charge is 0.339 e. The summed E-state index contributed by atoms with van der Waals surface area (Å²) in [6.45, 7) is 4.98. The predicted octanol–water partition coefficient (Wildman–Crippen LogP) is 1.91. The van der Waals surface area contributed by atoms with Crippen LogP contribution in [0.5, 0.6) is 0 Å².